The lowest BCUT2D eigenvalue weighted by Crippen LogP contribution is -2.50. The molecule has 0 saturated carbocycles. The highest BCUT2D eigenvalue weighted by Crippen LogP contribution is 2.35. The summed E-state index contributed by atoms with van der Waals surface area (Å²) in [5.74, 6) is 0.263. The highest BCUT2D eigenvalue weighted by atomic mass is 32.1. The molecule has 140 valence electrons. The Labute approximate surface area is 162 Å². The van der Waals surface area contributed by atoms with Crippen LogP contribution in [0, 0.1) is 5.92 Å². The average molecular weight is 383 g/mol. The van der Waals surface area contributed by atoms with Gasteiger partial charge in [-0.25, -0.2) is 4.79 Å². The zero-order chi connectivity index (χ0) is 19.0. The zero-order valence-electron chi connectivity index (χ0n) is 15.1. The van der Waals surface area contributed by atoms with E-state index in [1.54, 1.807) is 18.2 Å². The van der Waals surface area contributed by atoms with E-state index in [0.29, 0.717) is 22.3 Å². The Morgan fingerprint density at radius 1 is 1.15 bits per heavy atom. The molecule has 0 spiro atoms. The molecule has 2 aliphatic heterocycles. The molecule has 1 aromatic carbocycles. The molecule has 2 aliphatic rings. The molecule has 1 saturated heterocycles. The molecule has 2 bridgehead atoms. The Hall–Kier alpha value is -2.67. The molecule has 2 aromatic rings. The number of benzene rings is 1. The number of carbonyl (C=O) groups is 1. The minimum absolute atomic E-state index is 0.0726. The summed E-state index contributed by atoms with van der Waals surface area (Å²) in [6, 6.07) is 12.7. The van der Waals surface area contributed by atoms with E-state index in [0.717, 1.165) is 31.7 Å². The number of rotatable bonds is 2. The van der Waals surface area contributed by atoms with Gasteiger partial charge in [-0.15, -0.1) is 0 Å². The highest BCUT2D eigenvalue weighted by Gasteiger charge is 2.35. The fourth-order valence-corrected chi connectivity index (χ4v) is 4.40. The standard InChI is InChI=1S/C20H21N3O3S/c1-26-19(25)15-5-2-3-6-16(15)21-20(27)22-10-13-9-14(12-22)17-7-4-8-18(24)23(17)11-13/h2-8,13-14H,9-12H2,1H3,(H,21,27)/t13-,14+/m0/s1. The maximum Gasteiger partial charge on any atom is 0.339 e. The Morgan fingerprint density at radius 3 is 2.78 bits per heavy atom. The van der Waals surface area contributed by atoms with Crippen LogP contribution in [0.3, 0.4) is 0 Å². The van der Waals surface area contributed by atoms with Crippen molar-refractivity contribution >= 4 is 29.0 Å². The molecule has 27 heavy (non-hydrogen) atoms. The van der Waals surface area contributed by atoms with E-state index < -0.39 is 5.97 Å². The van der Waals surface area contributed by atoms with Crippen molar-refractivity contribution in [1.29, 1.82) is 0 Å². The largest absolute Gasteiger partial charge is 0.465 e. The second kappa shape index (κ2) is 7.15. The van der Waals surface area contributed by atoms with Gasteiger partial charge in [0, 0.05) is 37.3 Å². The summed E-state index contributed by atoms with van der Waals surface area (Å²) in [6.45, 7) is 2.28. The number of anilines is 1. The van der Waals surface area contributed by atoms with Crippen molar-refractivity contribution in [3.05, 3.63) is 64.1 Å². The number of nitrogens with one attached hydrogen (secondary N) is 1. The number of ether oxygens (including phenoxy) is 1. The first-order chi connectivity index (χ1) is 13.1. The number of fused-ring (bicyclic) bond motifs is 4. The molecule has 0 unspecified atom stereocenters. The molecular formula is C20H21N3O3S. The summed E-state index contributed by atoms with van der Waals surface area (Å²) in [5, 5.41) is 3.80. The summed E-state index contributed by atoms with van der Waals surface area (Å²) >= 11 is 5.63. The van der Waals surface area contributed by atoms with Gasteiger partial charge in [-0.1, -0.05) is 18.2 Å². The molecule has 0 radical (unpaired) electrons. The number of hydrogen-bond donors (Lipinski definition) is 1. The lowest BCUT2D eigenvalue weighted by molar-refractivity contribution is 0.0602. The predicted molar refractivity (Wildman–Crippen MR) is 107 cm³/mol. The molecule has 1 N–H and O–H groups in total. The van der Waals surface area contributed by atoms with E-state index in [2.05, 4.69) is 10.2 Å². The lowest BCUT2D eigenvalue weighted by atomic mass is 9.83. The van der Waals surface area contributed by atoms with Crippen LogP contribution in [0.2, 0.25) is 0 Å². The SMILES string of the molecule is COC(=O)c1ccccc1NC(=S)N1C[C@@H]2C[C@H](C1)c1cccc(=O)n1C2. The molecular weight excluding hydrogens is 362 g/mol. The molecule has 1 fully saturated rings. The van der Waals surface area contributed by atoms with Crippen LogP contribution >= 0.6 is 12.2 Å². The first-order valence-corrected chi connectivity index (χ1v) is 9.40. The molecule has 0 aliphatic carbocycles. The number of thiocarbonyl (C=S) groups is 1. The van der Waals surface area contributed by atoms with E-state index >= 15 is 0 Å². The van der Waals surface area contributed by atoms with E-state index in [-0.39, 0.29) is 11.5 Å². The van der Waals surface area contributed by atoms with E-state index in [4.69, 9.17) is 17.0 Å². The van der Waals surface area contributed by atoms with Crippen molar-refractivity contribution in [3.8, 4) is 0 Å². The van der Waals surface area contributed by atoms with E-state index in [1.165, 1.54) is 7.11 Å². The van der Waals surface area contributed by atoms with Crippen LogP contribution in [0.5, 0.6) is 0 Å². The van der Waals surface area contributed by atoms with Gasteiger partial charge in [0.1, 0.15) is 0 Å². The van der Waals surface area contributed by atoms with Gasteiger partial charge < -0.3 is 19.5 Å². The second-order valence-corrected chi connectivity index (χ2v) is 7.46. The number of methoxy groups -OCH3 is 1. The summed E-state index contributed by atoms with van der Waals surface area (Å²) in [7, 11) is 1.36. The fraction of sp³-hybridized carbons (Fsp3) is 0.350. The number of pyridine rings is 1. The normalized spacial score (nSPS) is 20.6. The van der Waals surface area contributed by atoms with Crippen LogP contribution < -0.4 is 10.9 Å². The van der Waals surface area contributed by atoms with Gasteiger partial charge in [-0.05, 0) is 42.8 Å². The zero-order valence-corrected chi connectivity index (χ0v) is 15.9. The van der Waals surface area contributed by atoms with Crippen molar-refractivity contribution < 1.29 is 9.53 Å². The number of likely N-dealkylation sites (tertiary alicyclic amines) is 1. The fourth-order valence-electron chi connectivity index (χ4n) is 4.14. The molecule has 0 amide bonds. The van der Waals surface area contributed by atoms with Crippen LogP contribution in [0.25, 0.3) is 0 Å². The number of para-hydroxylation sites is 1. The molecule has 1 aromatic heterocycles. The number of esters is 1. The maximum atomic E-state index is 12.1. The summed E-state index contributed by atoms with van der Waals surface area (Å²) in [5.41, 5.74) is 2.25. The van der Waals surface area contributed by atoms with Gasteiger partial charge in [0.25, 0.3) is 5.56 Å². The van der Waals surface area contributed by atoms with E-state index in [1.807, 2.05) is 28.8 Å². The smallest absolute Gasteiger partial charge is 0.339 e. The van der Waals surface area contributed by atoms with Crippen LogP contribution in [0.15, 0.2) is 47.3 Å². The van der Waals surface area contributed by atoms with Crippen molar-refractivity contribution in [3.63, 3.8) is 0 Å². The third-order valence-electron chi connectivity index (χ3n) is 5.34. The van der Waals surface area contributed by atoms with Gasteiger partial charge >= 0.3 is 5.97 Å². The topological polar surface area (TPSA) is 63.6 Å². The first kappa shape index (κ1) is 17.7. The highest BCUT2D eigenvalue weighted by molar-refractivity contribution is 7.80. The minimum atomic E-state index is -0.398. The molecule has 4 rings (SSSR count). The molecule has 7 heteroatoms. The Morgan fingerprint density at radius 2 is 1.96 bits per heavy atom. The van der Waals surface area contributed by atoms with E-state index in [9.17, 15) is 9.59 Å². The third kappa shape index (κ3) is 3.35. The first-order valence-electron chi connectivity index (χ1n) is 9.00. The van der Waals surface area contributed by atoms with Gasteiger partial charge in [0.2, 0.25) is 0 Å². The monoisotopic (exact) mass is 383 g/mol. The van der Waals surface area contributed by atoms with Gasteiger partial charge in [-0.3, -0.25) is 4.79 Å². The summed E-state index contributed by atoms with van der Waals surface area (Å²) in [6.07, 6.45) is 1.07. The van der Waals surface area contributed by atoms with Crippen LogP contribution in [-0.4, -0.2) is 40.7 Å². The van der Waals surface area contributed by atoms with Gasteiger partial charge in [0.05, 0.1) is 18.4 Å². The number of piperidine rings is 1. The van der Waals surface area contributed by atoms with Gasteiger partial charge in [-0.2, -0.15) is 0 Å². The summed E-state index contributed by atoms with van der Waals surface area (Å²) in [4.78, 5) is 26.3. The quantitative estimate of drug-likeness (QED) is 0.635. The molecule has 2 atom stereocenters. The number of hydrogen-bond acceptors (Lipinski definition) is 4. The number of aromatic nitrogens is 1. The Kier molecular flexibility index (Phi) is 4.70. The number of carbonyl (C=O) groups excluding carboxylic acids is 1. The van der Waals surface area contributed by atoms with Crippen molar-refractivity contribution in [2.75, 3.05) is 25.5 Å². The average Bonchev–Trinajstić information content (AvgIpc) is 2.68. The lowest BCUT2D eigenvalue weighted by Gasteiger charge is -2.43. The Balaban J connectivity index is 1.54. The van der Waals surface area contributed by atoms with Crippen LogP contribution in [0.4, 0.5) is 5.69 Å². The minimum Gasteiger partial charge on any atom is -0.465 e. The second-order valence-electron chi connectivity index (χ2n) is 7.07. The predicted octanol–water partition coefficient (Wildman–Crippen LogP) is 2.45. The maximum absolute atomic E-state index is 12.1. The van der Waals surface area contributed by atoms with Crippen molar-refractivity contribution in [1.82, 2.24) is 9.47 Å². The molecule has 6 nitrogen and oxygen atoms in total. The van der Waals surface area contributed by atoms with Crippen LogP contribution in [-0.2, 0) is 11.3 Å². The Bertz CT molecular complexity index is 955. The third-order valence-corrected chi connectivity index (χ3v) is 5.70. The van der Waals surface area contributed by atoms with Crippen LogP contribution in [0.1, 0.15) is 28.4 Å². The molecule has 3 heterocycles. The van der Waals surface area contributed by atoms with Crippen molar-refractivity contribution in [2.45, 2.75) is 18.9 Å². The number of nitrogens with zero attached hydrogens (tertiary/aromatic N) is 2. The van der Waals surface area contributed by atoms with Crippen molar-refractivity contribution in [2.24, 2.45) is 5.92 Å². The summed E-state index contributed by atoms with van der Waals surface area (Å²) < 4.78 is 6.75. The van der Waals surface area contributed by atoms with Gasteiger partial charge in [0.15, 0.2) is 5.11 Å².